The number of benzene rings is 1. The number of carbonyl (C=O) groups is 1. The molecule has 1 aromatic rings. The molecule has 1 rings (SSSR count). The first-order valence-corrected chi connectivity index (χ1v) is 7.64. The monoisotopic (exact) mass is 325 g/mol. The molecule has 1 N–H and O–H groups in total. The number of aryl methyl sites for hydroxylation is 1. The number of rotatable bonds is 4. The van der Waals surface area contributed by atoms with Crippen LogP contribution in [0.25, 0.3) is 0 Å². The van der Waals surface area contributed by atoms with Crippen molar-refractivity contribution in [1.82, 2.24) is 5.32 Å². The minimum atomic E-state index is -3.90. The molecule has 0 saturated carbocycles. The van der Waals surface area contributed by atoms with Gasteiger partial charge in [0.15, 0.2) is 5.37 Å². The van der Waals surface area contributed by atoms with Crippen LogP contribution < -0.4 is 5.32 Å². The van der Waals surface area contributed by atoms with Crippen molar-refractivity contribution < 1.29 is 17.9 Å². The molecule has 0 fully saturated rings. The van der Waals surface area contributed by atoms with Crippen LogP contribution in [-0.4, -0.2) is 31.8 Å². The molecule has 8 heteroatoms. The second kappa shape index (κ2) is 6.45. The van der Waals surface area contributed by atoms with Gasteiger partial charge < -0.3 is 10.1 Å². The molecule has 0 heterocycles. The average Bonchev–Trinajstić information content (AvgIpc) is 2.35. The molecule has 0 aromatic heterocycles. The average molecular weight is 326 g/mol. The summed E-state index contributed by atoms with van der Waals surface area (Å²) in [7, 11) is -2.78. The molecule has 106 valence electrons. The van der Waals surface area contributed by atoms with E-state index in [0.29, 0.717) is 0 Å². The van der Waals surface area contributed by atoms with E-state index in [1.807, 2.05) is 6.92 Å². The largest absolute Gasteiger partial charge is 0.453 e. The molecule has 0 aliphatic heterocycles. The van der Waals surface area contributed by atoms with Crippen molar-refractivity contribution in [3.8, 4) is 0 Å². The molecule has 5 nitrogen and oxygen atoms in total. The van der Waals surface area contributed by atoms with Crippen LogP contribution in [0, 0.1) is 6.92 Å². The lowest BCUT2D eigenvalue weighted by Gasteiger charge is -2.19. The van der Waals surface area contributed by atoms with Gasteiger partial charge in [-0.2, -0.15) is 0 Å². The van der Waals surface area contributed by atoms with Crippen LogP contribution in [0.4, 0.5) is 4.79 Å². The van der Waals surface area contributed by atoms with Gasteiger partial charge in [0.1, 0.15) is 4.84 Å². The van der Waals surface area contributed by atoms with Gasteiger partial charge in [0.25, 0.3) is 0 Å². The maximum absolute atomic E-state index is 12.3. The van der Waals surface area contributed by atoms with Gasteiger partial charge in [0.05, 0.1) is 12.0 Å². The normalized spacial score (nSPS) is 13.1. The number of alkyl halides is 2. The van der Waals surface area contributed by atoms with Crippen molar-refractivity contribution in [2.75, 3.05) is 7.11 Å². The molecule has 1 atom stereocenters. The Hall–Kier alpha value is -0.980. The number of hydrogen-bond donors (Lipinski definition) is 1. The van der Waals surface area contributed by atoms with Gasteiger partial charge in [-0.15, -0.1) is 23.2 Å². The van der Waals surface area contributed by atoms with Gasteiger partial charge in [-0.05, 0) is 19.1 Å². The highest BCUT2D eigenvalue weighted by molar-refractivity contribution is 7.92. The van der Waals surface area contributed by atoms with Crippen LogP contribution in [0.3, 0.4) is 0 Å². The van der Waals surface area contributed by atoms with Crippen LogP contribution in [0.15, 0.2) is 29.2 Å². The van der Waals surface area contributed by atoms with E-state index in [2.05, 4.69) is 10.1 Å². The summed E-state index contributed by atoms with van der Waals surface area (Å²) < 4.78 is 28.9. The Morgan fingerprint density at radius 1 is 1.26 bits per heavy atom. The van der Waals surface area contributed by atoms with Gasteiger partial charge >= 0.3 is 6.09 Å². The number of nitrogens with one attached hydrogen (secondary N) is 1. The highest BCUT2D eigenvalue weighted by Crippen LogP contribution is 2.22. The lowest BCUT2D eigenvalue weighted by molar-refractivity contribution is 0.170. The maximum Gasteiger partial charge on any atom is 0.407 e. The first-order valence-electron chi connectivity index (χ1n) is 5.22. The molecule has 1 aromatic carbocycles. The summed E-state index contributed by atoms with van der Waals surface area (Å²) in [5, 5.41) is 0.626. The van der Waals surface area contributed by atoms with Crippen LogP contribution in [0.1, 0.15) is 5.56 Å². The Labute approximate surface area is 121 Å². The fourth-order valence-electron chi connectivity index (χ4n) is 1.33. The zero-order valence-electron chi connectivity index (χ0n) is 10.3. The molecular formula is C11H13Cl2NO4S. The minimum absolute atomic E-state index is 0.0193. The van der Waals surface area contributed by atoms with Crippen molar-refractivity contribution in [3.63, 3.8) is 0 Å². The standard InChI is InChI=1S/C11H13Cl2NO4S/c1-7-3-5-8(6-4-7)19(16,17)10(9(12)13)14-11(15)18-2/h3-6,9-10H,1-2H3,(H,14,15). The summed E-state index contributed by atoms with van der Waals surface area (Å²) in [4.78, 5) is 9.83. The topological polar surface area (TPSA) is 72.5 Å². The van der Waals surface area contributed by atoms with Crippen molar-refractivity contribution in [1.29, 1.82) is 0 Å². The van der Waals surface area contributed by atoms with Crippen LogP contribution in [0.5, 0.6) is 0 Å². The third-order valence-electron chi connectivity index (χ3n) is 2.36. The Morgan fingerprint density at radius 2 is 1.79 bits per heavy atom. The predicted octanol–water partition coefficient (Wildman–Crippen LogP) is 2.25. The van der Waals surface area contributed by atoms with Crippen LogP contribution in [-0.2, 0) is 14.6 Å². The van der Waals surface area contributed by atoms with E-state index in [4.69, 9.17) is 23.2 Å². The number of alkyl carbamates (subject to hydrolysis) is 1. The Bertz CT molecular complexity index is 542. The predicted molar refractivity (Wildman–Crippen MR) is 73.2 cm³/mol. The Kier molecular flexibility index (Phi) is 5.46. The second-order valence-corrected chi connectivity index (χ2v) is 6.98. The fourth-order valence-corrected chi connectivity index (χ4v) is 3.60. The number of methoxy groups -OCH3 is 1. The SMILES string of the molecule is COC(=O)NC(C(Cl)Cl)S(=O)(=O)c1ccc(C)cc1. The van der Waals surface area contributed by atoms with E-state index in [1.165, 1.54) is 12.1 Å². The third-order valence-corrected chi connectivity index (χ3v) is 5.15. The second-order valence-electron chi connectivity index (χ2n) is 3.75. The van der Waals surface area contributed by atoms with Gasteiger partial charge in [-0.25, -0.2) is 13.2 Å². The van der Waals surface area contributed by atoms with Crippen molar-refractivity contribution in [3.05, 3.63) is 29.8 Å². The number of ether oxygens (including phenoxy) is 1. The molecule has 0 saturated heterocycles. The fraction of sp³-hybridized carbons (Fsp3) is 0.364. The van der Waals surface area contributed by atoms with Crippen LogP contribution in [0.2, 0.25) is 0 Å². The van der Waals surface area contributed by atoms with Crippen molar-refractivity contribution in [2.24, 2.45) is 0 Å². The summed E-state index contributed by atoms with van der Waals surface area (Å²) in [6, 6.07) is 6.12. The first-order chi connectivity index (χ1) is 8.78. The van der Waals surface area contributed by atoms with E-state index in [9.17, 15) is 13.2 Å². The summed E-state index contributed by atoms with van der Waals surface area (Å²) in [5.41, 5.74) is 0.907. The molecule has 1 unspecified atom stereocenters. The van der Waals surface area contributed by atoms with E-state index < -0.39 is 26.1 Å². The molecule has 0 spiro atoms. The van der Waals surface area contributed by atoms with Gasteiger partial charge in [-0.1, -0.05) is 17.7 Å². The van der Waals surface area contributed by atoms with Crippen molar-refractivity contribution >= 4 is 39.1 Å². The zero-order valence-corrected chi connectivity index (χ0v) is 12.6. The van der Waals surface area contributed by atoms with Crippen molar-refractivity contribution in [2.45, 2.75) is 22.0 Å². The van der Waals surface area contributed by atoms with E-state index >= 15 is 0 Å². The van der Waals surface area contributed by atoms with E-state index in [1.54, 1.807) is 12.1 Å². The minimum Gasteiger partial charge on any atom is -0.453 e. The van der Waals surface area contributed by atoms with E-state index in [-0.39, 0.29) is 4.90 Å². The quantitative estimate of drug-likeness (QED) is 0.862. The molecule has 0 bridgehead atoms. The molecule has 0 aliphatic carbocycles. The zero-order chi connectivity index (χ0) is 14.6. The summed E-state index contributed by atoms with van der Waals surface area (Å²) in [6.07, 6.45) is -0.924. The highest BCUT2D eigenvalue weighted by Gasteiger charge is 2.34. The molecule has 1 amide bonds. The van der Waals surface area contributed by atoms with Gasteiger partial charge in [0, 0.05) is 0 Å². The lowest BCUT2D eigenvalue weighted by atomic mass is 10.2. The molecule has 0 radical (unpaired) electrons. The lowest BCUT2D eigenvalue weighted by Crippen LogP contribution is -2.44. The third kappa shape index (κ3) is 3.99. The number of amides is 1. The number of halogens is 2. The maximum atomic E-state index is 12.3. The number of sulfone groups is 1. The van der Waals surface area contributed by atoms with Gasteiger partial charge in [-0.3, -0.25) is 0 Å². The Morgan fingerprint density at radius 3 is 2.21 bits per heavy atom. The smallest absolute Gasteiger partial charge is 0.407 e. The first kappa shape index (κ1) is 16.1. The summed E-state index contributed by atoms with van der Waals surface area (Å²) in [5.74, 6) is 0. The van der Waals surface area contributed by atoms with Gasteiger partial charge in [0.2, 0.25) is 9.84 Å². The molecule has 19 heavy (non-hydrogen) atoms. The van der Waals surface area contributed by atoms with E-state index in [0.717, 1.165) is 12.7 Å². The molecule has 0 aliphatic rings. The Balaban J connectivity index is 3.13. The summed E-state index contributed by atoms with van der Waals surface area (Å²) >= 11 is 11.3. The highest BCUT2D eigenvalue weighted by atomic mass is 35.5. The number of carbonyl (C=O) groups excluding carboxylic acids is 1. The number of hydrogen-bond acceptors (Lipinski definition) is 4. The molecular weight excluding hydrogens is 313 g/mol. The summed E-state index contributed by atoms with van der Waals surface area (Å²) in [6.45, 7) is 1.83. The van der Waals surface area contributed by atoms with Crippen LogP contribution >= 0.6 is 23.2 Å².